The van der Waals surface area contributed by atoms with E-state index in [-0.39, 0.29) is 17.4 Å². The van der Waals surface area contributed by atoms with Crippen LogP contribution in [0.5, 0.6) is 0 Å². The van der Waals surface area contributed by atoms with Gasteiger partial charge in [-0.15, -0.1) is 0 Å². The van der Waals surface area contributed by atoms with Gasteiger partial charge in [-0.3, -0.25) is 9.59 Å². The Morgan fingerprint density at radius 2 is 1.73 bits per heavy atom. The largest absolute Gasteiger partial charge is 0.333 e. The molecule has 6 heteroatoms. The Hall–Kier alpha value is -3.38. The van der Waals surface area contributed by atoms with E-state index in [1.165, 1.54) is 11.8 Å². The highest BCUT2D eigenvalue weighted by molar-refractivity contribution is 7.99. The van der Waals surface area contributed by atoms with E-state index in [0.717, 1.165) is 28.7 Å². The number of fused-ring (bicyclic) bond motifs is 1. The van der Waals surface area contributed by atoms with Crippen molar-refractivity contribution in [3.63, 3.8) is 0 Å². The molecule has 0 saturated carbocycles. The fourth-order valence-electron chi connectivity index (χ4n) is 3.22. The molecule has 0 aliphatic carbocycles. The zero-order valence-corrected chi connectivity index (χ0v) is 17.3. The Morgan fingerprint density at radius 1 is 0.967 bits per heavy atom. The lowest BCUT2D eigenvalue weighted by atomic mass is 10.0. The summed E-state index contributed by atoms with van der Waals surface area (Å²) < 4.78 is 0. The third-order valence-corrected chi connectivity index (χ3v) is 5.64. The number of amides is 1. The summed E-state index contributed by atoms with van der Waals surface area (Å²) >= 11 is 1.33. The predicted octanol–water partition coefficient (Wildman–Crippen LogP) is 5.09. The number of benzene rings is 3. The Bertz CT molecular complexity index is 1200. The number of aromatic amines is 1. The molecule has 0 saturated heterocycles. The predicted molar refractivity (Wildman–Crippen MR) is 121 cm³/mol. The second kappa shape index (κ2) is 8.97. The number of ketones is 1. The summed E-state index contributed by atoms with van der Waals surface area (Å²) in [5, 5.41) is 3.61. The van der Waals surface area contributed by atoms with Gasteiger partial charge >= 0.3 is 0 Å². The van der Waals surface area contributed by atoms with Gasteiger partial charge in [0.15, 0.2) is 10.9 Å². The molecule has 0 radical (unpaired) electrons. The number of rotatable bonds is 7. The molecule has 0 aliphatic heterocycles. The van der Waals surface area contributed by atoms with Crippen LogP contribution in [-0.2, 0) is 11.2 Å². The lowest BCUT2D eigenvalue weighted by molar-refractivity contribution is -0.113. The third-order valence-electron chi connectivity index (χ3n) is 4.77. The summed E-state index contributed by atoms with van der Waals surface area (Å²) in [6, 6.07) is 22.4. The minimum atomic E-state index is -0.0821. The quantitative estimate of drug-likeness (QED) is 0.326. The lowest BCUT2D eigenvalue weighted by Gasteiger charge is -2.08. The van der Waals surface area contributed by atoms with Gasteiger partial charge in [-0.2, -0.15) is 0 Å². The maximum Gasteiger partial charge on any atom is 0.234 e. The van der Waals surface area contributed by atoms with Crippen LogP contribution >= 0.6 is 11.8 Å². The fourth-order valence-corrected chi connectivity index (χ4v) is 3.91. The van der Waals surface area contributed by atoms with Crippen molar-refractivity contribution in [1.82, 2.24) is 9.97 Å². The van der Waals surface area contributed by atoms with Gasteiger partial charge in [0.25, 0.3) is 0 Å². The van der Waals surface area contributed by atoms with Crippen molar-refractivity contribution < 1.29 is 9.59 Å². The average Bonchev–Trinajstić information content (AvgIpc) is 3.20. The summed E-state index contributed by atoms with van der Waals surface area (Å²) in [6.07, 6.45) is 0.858. The van der Waals surface area contributed by atoms with E-state index in [1.54, 1.807) is 24.3 Å². The number of H-pyrrole nitrogens is 1. The number of hydrogen-bond acceptors (Lipinski definition) is 4. The first-order valence-electron chi connectivity index (χ1n) is 9.74. The fraction of sp³-hybridized carbons (Fsp3) is 0.125. The molecule has 4 aromatic rings. The Morgan fingerprint density at radius 3 is 2.53 bits per heavy atom. The summed E-state index contributed by atoms with van der Waals surface area (Å²) in [5.74, 6) is 0.129. The molecule has 0 unspecified atom stereocenters. The number of nitrogens with one attached hydrogen (secondary N) is 2. The number of thioether (sulfide) groups is 1. The van der Waals surface area contributed by atoms with Gasteiger partial charge in [0, 0.05) is 16.8 Å². The highest BCUT2D eigenvalue weighted by Crippen LogP contribution is 2.22. The number of anilines is 1. The maximum atomic E-state index is 12.6. The normalized spacial score (nSPS) is 10.8. The molecule has 1 aromatic heterocycles. The summed E-state index contributed by atoms with van der Waals surface area (Å²) in [4.78, 5) is 32.7. The van der Waals surface area contributed by atoms with Crippen LogP contribution in [0.3, 0.4) is 0 Å². The van der Waals surface area contributed by atoms with Crippen molar-refractivity contribution in [2.75, 3.05) is 11.1 Å². The molecule has 4 rings (SSSR count). The number of aromatic nitrogens is 2. The molecule has 150 valence electrons. The number of nitrogens with zero attached hydrogens (tertiary/aromatic N) is 1. The zero-order chi connectivity index (χ0) is 20.9. The van der Waals surface area contributed by atoms with Crippen molar-refractivity contribution >= 4 is 40.2 Å². The van der Waals surface area contributed by atoms with E-state index in [2.05, 4.69) is 22.2 Å². The van der Waals surface area contributed by atoms with Crippen molar-refractivity contribution in [2.24, 2.45) is 0 Å². The number of imidazole rings is 1. The number of hydrogen-bond donors (Lipinski definition) is 2. The van der Waals surface area contributed by atoms with Crippen LogP contribution in [0.25, 0.3) is 11.0 Å². The van der Waals surface area contributed by atoms with Crippen LogP contribution in [0.4, 0.5) is 5.69 Å². The van der Waals surface area contributed by atoms with Crippen molar-refractivity contribution in [2.45, 2.75) is 18.5 Å². The minimum absolute atomic E-state index is 0.0322. The molecule has 1 amide bonds. The first-order chi connectivity index (χ1) is 14.6. The number of aryl methyl sites for hydroxylation is 1. The van der Waals surface area contributed by atoms with Crippen LogP contribution in [0.1, 0.15) is 28.4 Å². The van der Waals surface area contributed by atoms with Crippen LogP contribution < -0.4 is 5.32 Å². The number of para-hydroxylation sites is 1. The topological polar surface area (TPSA) is 74.8 Å². The smallest absolute Gasteiger partial charge is 0.234 e. The molecule has 0 aliphatic rings. The van der Waals surface area contributed by atoms with Crippen LogP contribution in [0.2, 0.25) is 0 Å². The molecule has 0 spiro atoms. The molecule has 2 N–H and O–H groups in total. The van der Waals surface area contributed by atoms with Gasteiger partial charge < -0.3 is 10.3 Å². The van der Waals surface area contributed by atoms with E-state index in [9.17, 15) is 9.59 Å². The Kier molecular flexibility index (Phi) is 5.95. The molecule has 5 nitrogen and oxygen atoms in total. The van der Waals surface area contributed by atoms with Gasteiger partial charge in [0.1, 0.15) is 0 Å². The lowest BCUT2D eigenvalue weighted by Crippen LogP contribution is -2.15. The van der Waals surface area contributed by atoms with E-state index in [1.807, 2.05) is 48.5 Å². The van der Waals surface area contributed by atoms with E-state index >= 15 is 0 Å². The number of carbonyl (C=O) groups is 2. The van der Waals surface area contributed by atoms with Gasteiger partial charge in [-0.05, 0) is 36.2 Å². The summed E-state index contributed by atoms with van der Waals surface area (Å²) in [5.41, 5.74) is 4.74. The summed E-state index contributed by atoms with van der Waals surface area (Å²) in [6.45, 7) is 2.06. The van der Waals surface area contributed by atoms with Crippen molar-refractivity contribution in [3.05, 3.63) is 89.5 Å². The second-order valence-corrected chi connectivity index (χ2v) is 7.78. The molecule has 3 aromatic carbocycles. The average molecular weight is 416 g/mol. The molecule has 0 fully saturated rings. The highest BCUT2D eigenvalue weighted by Gasteiger charge is 2.12. The second-order valence-electron chi connectivity index (χ2n) is 6.82. The maximum absolute atomic E-state index is 12.6. The van der Waals surface area contributed by atoms with Crippen LogP contribution in [0.15, 0.2) is 78.0 Å². The summed E-state index contributed by atoms with van der Waals surface area (Å²) in [7, 11) is 0. The zero-order valence-electron chi connectivity index (χ0n) is 16.5. The van der Waals surface area contributed by atoms with Gasteiger partial charge in [0.2, 0.25) is 5.91 Å². The molecule has 0 bridgehead atoms. The molecule has 1 heterocycles. The van der Waals surface area contributed by atoms with E-state index in [0.29, 0.717) is 16.3 Å². The third kappa shape index (κ3) is 4.44. The van der Waals surface area contributed by atoms with Gasteiger partial charge in [0.05, 0.1) is 16.8 Å². The van der Waals surface area contributed by atoms with Gasteiger partial charge in [-0.25, -0.2) is 4.98 Å². The van der Waals surface area contributed by atoms with Crippen molar-refractivity contribution in [1.29, 1.82) is 0 Å². The highest BCUT2D eigenvalue weighted by atomic mass is 32.2. The number of carbonyl (C=O) groups excluding carboxylic acids is 2. The Labute approximate surface area is 178 Å². The van der Waals surface area contributed by atoms with Crippen molar-refractivity contribution in [3.8, 4) is 0 Å². The molecular formula is C24H21N3O2S. The SMILES string of the molecule is CCc1ccccc1NC(=O)CSc1nc2ccc(C(=O)c3ccccc3)cc2[nH]1. The molecular weight excluding hydrogens is 394 g/mol. The standard InChI is InChI=1S/C24H21N3O2S/c1-2-16-8-6-7-11-19(16)25-22(28)15-30-24-26-20-13-12-18(14-21(20)27-24)23(29)17-9-4-3-5-10-17/h3-14H,2,15H2,1H3,(H,25,28)(H,26,27). The van der Waals surface area contributed by atoms with E-state index in [4.69, 9.17) is 0 Å². The monoisotopic (exact) mass is 415 g/mol. The van der Waals surface area contributed by atoms with E-state index < -0.39 is 0 Å². The first kappa shape index (κ1) is 19.9. The van der Waals surface area contributed by atoms with Crippen LogP contribution in [-0.4, -0.2) is 27.4 Å². The van der Waals surface area contributed by atoms with Crippen LogP contribution in [0, 0.1) is 0 Å². The molecule has 30 heavy (non-hydrogen) atoms. The molecule has 0 atom stereocenters. The minimum Gasteiger partial charge on any atom is -0.333 e. The Balaban J connectivity index is 1.44. The van der Waals surface area contributed by atoms with Gasteiger partial charge in [-0.1, -0.05) is 67.2 Å². The first-order valence-corrected chi connectivity index (χ1v) is 10.7.